The van der Waals surface area contributed by atoms with Gasteiger partial charge in [-0.1, -0.05) is 134 Å². The van der Waals surface area contributed by atoms with E-state index in [1.54, 1.807) is 11.1 Å². The highest BCUT2D eigenvalue weighted by Crippen LogP contribution is 2.49. The summed E-state index contributed by atoms with van der Waals surface area (Å²) < 4.78 is 7.35. The Hall–Kier alpha value is -2.36. The standard InChI is InChI=1S/C40H57NOSi/c1-8-10-22-37(41-32-17-12-11-13-18-32)35-19-14-15-23-38(35)42-43(6,7)39-29(9-2)28-36-33(20-16-21-34(36)39)30-24-26-31(27-25-30)40(3,4)5/h14-16,19-21,23-27,29,32,37,39,41H,8-13,17-18,22,28H2,1-7H3. The van der Waals surface area contributed by atoms with E-state index >= 15 is 0 Å². The molecule has 0 aromatic heterocycles. The van der Waals surface area contributed by atoms with Crippen molar-refractivity contribution in [3.8, 4) is 16.9 Å². The minimum atomic E-state index is -2.19. The highest BCUT2D eigenvalue weighted by molar-refractivity contribution is 6.73. The Morgan fingerprint density at radius 3 is 2.28 bits per heavy atom. The molecule has 3 atom stereocenters. The van der Waals surface area contributed by atoms with Gasteiger partial charge in [0.1, 0.15) is 5.75 Å². The van der Waals surface area contributed by atoms with Gasteiger partial charge < -0.3 is 9.74 Å². The first kappa shape index (κ1) is 32.0. The van der Waals surface area contributed by atoms with E-state index in [4.69, 9.17) is 4.43 Å². The third kappa shape index (κ3) is 7.31. The molecule has 2 aliphatic rings. The molecule has 2 nitrogen and oxygen atoms in total. The summed E-state index contributed by atoms with van der Waals surface area (Å²) in [7, 11) is -2.19. The van der Waals surface area contributed by atoms with Crippen LogP contribution in [-0.4, -0.2) is 14.4 Å². The number of benzene rings is 3. The van der Waals surface area contributed by atoms with Crippen molar-refractivity contribution in [2.45, 2.75) is 135 Å². The third-order valence-corrected chi connectivity index (χ3v) is 13.4. The Morgan fingerprint density at radius 2 is 1.60 bits per heavy atom. The van der Waals surface area contributed by atoms with E-state index in [2.05, 4.69) is 120 Å². The maximum atomic E-state index is 7.35. The number of fused-ring (bicyclic) bond motifs is 1. The summed E-state index contributed by atoms with van der Waals surface area (Å²) in [6.07, 6.45) is 12.7. The van der Waals surface area contributed by atoms with Gasteiger partial charge in [0, 0.05) is 23.2 Å². The minimum Gasteiger partial charge on any atom is -0.543 e. The summed E-state index contributed by atoms with van der Waals surface area (Å²) in [6, 6.07) is 26.4. The molecule has 0 bridgehead atoms. The van der Waals surface area contributed by atoms with Crippen molar-refractivity contribution < 1.29 is 4.43 Å². The third-order valence-electron chi connectivity index (χ3n) is 10.4. The van der Waals surface area contributed by atoms with Gasteiger partial charge in [0.2, 0.25) is 0 Å². The van der Waals surface area contributed by atoms with Gasteiger partial charge in [-0.15, -0.1) is 0 Å². The Kier molecular flexibility index (Phi) is 10.2. The molecule has 1 saturated carbocycles. The fraction of sp³-hybridized carbons (Fsp3) is 0.550. The zero-order valence-corrected chi connectivity index (χ0v) is 29.1. The molecular formula is C40H57NOSi. The molecular weight excluding hydrogens is 539 g/mol. The van der Waals surface area contributed by atoms with E-state index in [0.29, 0.717) is 23.5 Å². The van der Waals surface area contributed by atoms with Crippen LogP contribution in [0.2, 0.25) is 13.1 Å². The monoisotopic (exact) mass is 595 g/mol. The van der Waals surface area contributed by atoms with Crippen LogP contribution in [0.5, 0.6) is 5.75 Å². The molecule has 3 heteroatoms. The van der Waals surface area contributed by atoms with Gasteiger partial charge in [-0.3, -0.25) is 0 Å². The zero-order valence-electron chi connectivity index (χ0n) is 28.1. The molecule has 3 unspecified atom stereocenters. The first-order valence-corrected chi connectivity index (χ1v) is 20.4. The molecule has 3 aromatic rings. The first-order valence-electron chi connectivity index (χ1n) is 17.4. The van der Waals surface area contributed by atoms with Crippen LogP contribution in [0.25, 0.3) is 11.1 Å². The number of hydrogen-bond donors (Lipinski definition) is 1. The van der Waals surface area contributed by atoms with Crippen LogP contribution < -0.4 is 9.74 Å². The van der Waals surface area contributed by atoms with Gasteiger partial charge in [0.05, 0.1) is 0 Å². The van der Waals surface area contributed by atoms with E-state index in [9.17, 15) is 0 Å². The zero-order chi connectivity index (χ0) is 30.6. The molecule has 232 valence electrons. The average molecular weight is 596 g/mol. The van der Waals surface area contributed by atoms with Crippen molar-refractivity contribution in [1.82, 2.24) is 5.32 Å². The van der Waals surface area contributed by atoms with Crippen LogP contribution in [0.1, 0.15) is 126 Å². The SMILES string of the molecule is CCCCC(NC1CCCCC1)c1ccccc1O[Si](C)(C)C1c2cccc(-c3ccc(C(C)(C)C)cc3)c2CC1CC. The van der Waals surface area contributed by atoms with Crippen LogP contribution in [0.4, 0.5) is 0 Å². The maximum Gasteiger partial charge on any atom is 0.252 e. The molecule has 2 aliphatic carbocycles. The van der Waals surface area contributed by atoms with Crippen molar-refractivity contribution >= 4 is 8.32 Å². The molecule has 5 rings (SSSR count). The van der Waals surface area contributed by atoms with Crippen LogP contribution in [0.3, 0.4) is 0 Å². The van der Waals surface area contributed by atoms with Crippen molar-refractivity contribution in [2.24, 2.45) is 5.92 Å². The van der Waals surface area contributed by atoms with Gasteiger partial charge in [0.25, 0.3) is 8.32 Å². The van der Waals surface area contributed by atoms with E-state index in [0.717, 1.165) is 12.2 Å². The van der Waals surface area contributed by atoms with Crippen LogP contribution in [-0.2, 0) is 11.8 Å². The summed E-state index contributed by atoms with van der Waals surface area (Å²) in [4.78, 5) is 0. The highest BCUT2D eigenvalue weighted by Gasteiger charge is 2.46. The Balaban J connectivity index is 1.45. The van der Waals surface area contributed by atoms with Crippen LogP contribution >= 0.6 is 0 Å². The number of rotatable bonds is 11. The van der Waals surface area contributed by atoms with Crippen LogP contribution in [0.15, 0.2) is 66.7 Å². The lowest BCUT2D eigenvalue weighted by Gasteiger charge is -2.36. The molecule has 0 saturated heterocycles. The van der Waals surface area contributed by atoms with Crippen molar-refractivity contribution in [3.05, 3.63) is 89.0 Å². The van der Waals surface area contributed by atoms with E-state index < -0.39 is 8.32 Å². The lowest BCUT2D eigenvalue weighted by molar-refractivity contribution is 0.323. The quantitative estimate of drug-likeness (QED) is 0.223. The summed E-state index contributed by atoms with van der Waals surface area (Å²) in [6.45, 7) is 16.5. The molecule has 0 heterocycles. The van der Waals surface area contributed by atoms with Gasteiger partial charge in [-0.2, -0.15) is 0 Å². The Labute approximate surface area is 264 Å². The molecule has 0 amide bonds. The number of unbranched alkanes of at least 4 members (excludes halogenated alkanes) is 1. The van der Waals surface area contributed by atoms with Gasteiger partial charge >= 0.3 is 0 Å². The molecule has 1 fully saturated rings. The second-order valence-electron chi connectivity index (χ2n) is 15.0. The topological polar surface area (TPSA) is 21.3 Å². The van der Waals surface area contributed by atoms with Crippen LogP contribution in [0, 0.1) is 5.92 Å². The van der Waals surface area contributed by atoms with Crippen molar-refractivity contribution in [1.29, 1.82) is 0 Å². The normalized spacial score (nSPS) is 20.2. The van der Waals surface area contributed by atoms with Crippen molar-refractivity contribution in [2.75, 3.05) is 0 Å². The molecule has 3 aromatic carbocycles. The fourth-order valence-corrected chi connectivity index (χ4v) is 11.4. The smallest absolute Gasteiger partial charge is 0.252 e. The summed E-state index contributed by atoms with van der Waals surface area (Å²) >= 11 is 0. The second-order valence-corrected chi connectivity index (χ2v) is 19.0. The summed E-state index contributed by atoms with van der Waals surface area (Å²) in [5.41, 5.74) is 9.28. The number of hydrogen-bond acceptors (Lipinski definition) is 2. The molecule has 0 aliphatic heterocycles. The number of para-hydroxylation sites is 1. The van der Waals surface area contributed by atoms with Crippen molar-refractivity contribution in [3.63, 3.8) is 0 Å². The molecule has 0 spiro atoms. The summed E-state index contributed by atoms with van der Waals surface area (Å²) in [5.74, 6) is 1.75. The molecule has 0 radical (unpaired) electrons. The van der Waals surface area contributed by atoms with Gasteiger partial charge in [0.15, 0.2) is 0 Å². The predicted octanol–water partition coefficient (Wildman–Crippen LogP) is 11.3. The van der Waals surface area contributed by atoms with Gasteiger partial charge in [-0.05, 0) is 84.0 Å². The van der Waals surface area contributed by atoms with Gasteiger partial charge in [-0.25, -0.2) is 0 Å². The maximum absolute atomic E-state index is 7.35. The Bertz CT molecular complexity index is 1330. The molecule has 43 heavy (non-hydrogen) atoms. The lowest BCUT2D eigenvalue weighted by atomic mass is 9.85. The largest absolute Gasteiger partial charge is 0.543 e. The number of nitrogens with one attached hydrogen (secondary N) is 1. The second kappa shape index (κ2) is 13.7. The predicted molar refractivity (Wildman–Crippen MR) is 188 cm³/mol. The van der Waals surface area contributed by atoms with E-state index in [1.807, 2.05) is 0 Å². The van der Waals surface area contributed by atoms with E-state index in [-0.39, 0.29) is 5.41 Å². The molecule has 1 N–H and O–H groups in total. The first-order chi connectivity index (χ1) is 20.6. The summed E-state index contributed by atoms with van der Waals surface area (Å²) in [5, 5.41) is 4.11. The highest BCUT2D eigenvalue weighted by atomic mass is 28.4. The lowest BCUT2D eigenvalue weighted by Crippen LogP contribution is -2.44. The Morgan fingerprint density at radius 1 is 0.884 bits per heavy atom. The average Bonchev–Trinajstić information content (AvgIpc) is 3.40. The minimum absolute atomic E-state index is 0.167. The van der Waals surface area contributed by atoms with E-state index in [1.165, 1.54) is 80.0 Å². The fourth-order valence-electron chi connectivity index (χ4n) is 8.00.